The highest BCUT2D eigenvalue weighted by molar-refractivity contribution is 6.30. The molecule has 0 fully saturated rings. The first-order chi connectivity index (χ1) is 8.52. The highest BCUT2D eigenvalue weighted by Gasteiger charge is 2.11. The first-order valence-electron chi connectivity index (χ1n) is 5.57. The number of esters is 1. The molecule has 0 N–H and O–H groups in total. The molecule has 0 amide bonds. The molecule has 0 aliphatic heterocycles. The van der Waals surface area contributed by atoms with Gasteiger partial charge in [-0.2, -0.15) is 5.26 Å². The Balaban J connectivity index is 2.80. The van der Waals surface area contributed by atoms with Crippen LogP contribution in [0.3, 0.4) is 0 Å². The van der Waals surface area contributed by atoms with E-state index in [-0.39, 0.29) is 11.5 Å². The van der Waals surface area contributed by atoms with Crippen LogP contribution in [0.2, 0.25) is 5.02 Å². The van der Waals surface area contributed by atoms with Crippen molar-refractivity contribution < 1.29 is 9.53 Å². The number of rotatable bonds is 4. The Hall–Kier alpha value is -1.79. The van der Waals surface area contributed by atoms with Crippen LogP contribution >= 0.6 is 11.6 Å². The van der Waals surface area contributed by atoms with E-state index in [0.29, 0.717) is 11.6 Å². The molecule has 3 nitrogen and oxygen atoms in total. The molecule has 1 rings (SSSR count). The van der Waals surface area contributed by atoms with E-state index in [0.717, 1.165) is 5.56 Å². The van der Waals surface area contributed by atoms with Crippen molar-refractivity contribution in [3.8, 4) is 6.07 Å². The maximum Gasteiger partial charge on any atom is 0.348 e. The first-order valence-corrected chi connectivity index (χ1v) is 5.95. The summed E-state index contributed by atoms with van der Waals surface area (Å²) in [6.07, 6.45) is 1.49. The third-order valence-corrected chi connectivity index (χ3v) is 2.32. The lowest BCUT2D eigenvalue weighted by Gasteiger charge is -2.06. The van der Waals surface area contributed by atoms with E-state index < -0.39 is 5.97 Å². The molecule has 0 atom stereocenters. The smallest absolute Gasteiger partial charge is 0.348 e. The van der Waals surface area contributed by atoms with Crippen LogP contribution in [0.4, 0.5) is 0 Å². The van der Waals surface area contributed by atoms with Gasteiger partial charge in [0.2, 0.25) is 0 Å². The number of nitrogens with zero attached hydrogens (tertiary/aromatic N) is 1. The number of ether oxygens (including phenoxy) is 1. The normalized spacial score (nSPS) is 11.2. The fourth-order valence-corrected chi connectivity index (χ4v) is 1.31. The van der Waals surface area contributed by atoms with E-state index in [9.17, 15) is 4.79 Å². The average Bonchev–Trinajstić information content (AvgIpc) is 2.35. The summed E-state index contributed by atoms with van der Waals surface area (Å²) in [5, 5.41) is 9.54. The number of hydrogen-bond acceptors (Lipinski definition) is 3. The highest BCUT2D eigenvalue weighted by atomic mass is 35.5. The van der Waals surface area contributed by atoms with Crippen LogP contribution in [0.15, 0.2) is 29.8 Å². The second-order valence-corrected chi connectivity index (χ2v) is 4.65. The molecule has 1 aromatic carbocycles. The van der Waals surface area contributed by atoms with E-state index in [1.54, 1.807) is 24.3 Å². The van der Waals surface area contributed by atoms with E-state index in [4.69, 9.17) is 21.6 Å². The van der Waals surface area contributed by atoms with E-state index in [1.165, 1.54) is 6.08 Å². The molecule has 94 valence electrons. The van der Waals surface area contributed by atoms with Crippen molar-refractivity contribution in [3.05, 3.63) is 40.4 Å². The molecule has 0 unspecified atom stereocenters. The van der Waals surface area contributed by atoms with Crippen LogP contribution in [-0.4, -0.2) is 12.6 Å². The number of nitriles is 1. The van der Waals surface area contributed by atoms with Crippen molar-refractivity contribution in [2.75, 3.05) is 6.61 Å². The van der Waals surface area contributed by atoms with Gasteiger partial charge in [0.05, 0.1) is 6.61 Å². The number of carbonyl (C=O) groups is 1. The van der Waals surface area contributed by atoms with Gasteiger partial charge in [-0.25, -0.2) is 4.79 Å². The van der Waals surface area contributed by atoms with E-state index in [1.807, 2.05) is 19.9 Å². The minimum atomic E-state index is -0.596. The van der Waals surface area contributed by atoms with Gasteiger partial charge >= 0.3 is 5.97 Å². The number of hydrogen-bond donors (Lipinski definition) is 0. The zero-order valence-corrected chi connectivity index (χ0v) is 11.1. The van der Waals surface area contributed by atoms with Crippen LogP contribution in [0.5, 0.6) is 0 Å². The monoisotopic (exact) mass is 263 g/mol. The Morgan fingerprint density at radius 2 is 2.06 bits per heavy atom. The lowest BCUT2D eigenvalue weighted by Crippen LogP contribution is -2.11. The maximum absolute atomic E-state index is 11.6. The summed E-state index contributed by atoms with van der Waals surface area (Å²) in [6.45, 7) is 4.17. The molecule has 0 spiro atoms. The van der Waals surface area contributed by atoms with Gasteiger partial charge in [-0.1, -0.05) is 37.6 Å². The summed E-state index contributed by atoms with van der Waals surface area (Å²) in [6, 6.07) is 8.70. The van der Waals surface area contributed by atoms with E-state index in [2.05, 4.69) is 0 Å². The molecule has 0 saturated carbocycles. The van der Waals surface area contributed by atoms with E-state index >= 15 is 0 Å². The van der Waals surface area contributed by atoms with Crippen molar-refractivity contribution >= 4 is 23.6 Å². The van der Waals surface area contributed by atoms with Crippen molar-refractivity contribution in [1.82, 2.24) is 0 Å². The maximum atomic E-state index is 11.6. The van der Waals surface area contributed by atoms with Crippen LogP contribution < -0.4 is 0 Å². The number of benzene rings is 1. The standard InChI is InChI=1S/C14H14ClNO2/c1-10(2)9-18-14(17)12(8-16)7-11-3-5-13(15)6-4-11/h3-7,10H,9H2,1-2H3/b12-7+. The molecule has 0 heterocycles. The van der Waals surface area contributed by atoms with Gasteiger partial charge in [-0.3, -0.25) is 0 Å². The molecule has 0 aromatic heterocycles. The molecule has 1 aromatic rings. The van der Waals surface area contributed by atoms with Crippen molar-refractivity contribution in [2.45, 2.75) is 13.8 Å². The minimum absolute atomic E-state index is 0.0158. The fourth-order valence-electron chi connectivity index (χ4n) is 1.18. The summed E-state index contributed by atoms with van der Waals surface area (Å²) < 4.78 is 5.00. The molecular formula is C14H14ClNO2. The van der Waals surface area contributed by atoms with Crippen molar-refractivity contribution in [3.63, 3.8) is 0 Å². The van der Waals surface area contributed by atoms with Gasteiger partial charge in [-0.15, -0.1) is 0 Å². The second kappa shape index (κ2) is 6.83. The molecule has 0 saturated heterocycles. The lowest BCUT2D eigenvalue weighted by atomic mass is 10.1. The Morgan fingerprint density at radius 3 is 2.56 bits per heavy atom. The molecule has 0 aliphatic carbocycles. The quantitative estimate of drug-likeness (QED) is 0.475. The predicted molar refractivity (Wildman–Crippen MR) is 70.8 cm³/mol. The van der Waals surface area contributed by atoms with Gasteiger partial charge in [0.1, 0.15) is 11.6 Å². The van der Waals surface area contributed by atoms with Crippen LogP contribution in [0.1, 0.15) is 19.4 Å². The Bertz CT molecular complexity index is 484. The molecule has 4 heteroatoms. The summed E-state index contributed by atoms with van der Waals surface area (Å²) in [5.41, 5.74) is 0.718. The van der Waals surface area contributed by atoms with Gasteiger partial charge in [0, 0.05) is 5.02 Å². The van der Waals surface area contributed by atoms with Crippen LogP contribution in [0, 0.1) is 17.2 Å². The SMILES string of the molecule is CC(C)COC(=O)/C(C#N)=C/c1ccc(Cl)cc1. The Labute approximate surface area is 112 Å². The summed E-state index contributed by atoms with van der Waals surface area (Å²) in [7, 11) is 0. The van der Waals surface area contributed by atoms with Gasteiger partial charge < -0.3 is 4.74 Å². The zero-order valence-electron chi connectivity index (χ0n) is 10.3. The molecule has 18 heavy (non-hydrogen) atoms. The fraction of sp³-hybridized carbons (Fsp3) is 0.286. The molecule has 0 aliphatic rings. The number of carbonyl (C=O) groups excluding carboxylic acids is 1. The Morgan fingerprint density at radius 1 is 1.44 bits per heavy atom. The van der Waals surface area contributed by atoms with Gasteiger partial charge in [0.25, 0.3) is 0 Å². The third kappa shape index (κ3) is 4.60. The molecule has 0 radical (unpaired) electrons. The van der Waals surface area contributed by atoms with Crippen molar-refractivity contribution in [2.24, 2.45) is 5.92 Å². The van der Waals surface area contributed by atoms with Gasteiger partial charge in [0.15, 0.2) is 0 Å². The molecular weight excluding hydrogens is 250 g/mol. The minimum Gasteiger partial charge on any atom is -0.461 e. The highest BCUT2D eigenvalue weighted by Crippen LogP contribution is 2.13. The first kappa shape index (κ1) is 14.3. The van der Waals surface area contributed by atoms with Gasteiger partial charge in [-0.05, 0) is 29.7 Å². The average molecular weight is 264 g/mol. The predicted octanol–water partition coefficient (Wildman–Crippen LogP) is 3.45. The number of halogens is 1. The van der Waals surface area contributed by atoms with Crippen LogP contribution in [-0.2, 0) is 9.53 Å². The largest absolute Gasteiger partial charge is 0.461 e. The zero-order chi connectivity index (χ0) is 13.5. The third-order valence-electron chi connectivity index (χ3n) is 2.07. The Kier molecular flexibility index (Phi) is 5.41. The second-order valence-electron chi connectivity index (χ2n) is 4.21. The topological polar surface area (TPSA) is 50.1 Å². The van der Waals surface area contributed by atoms with Crippen molar-refractivity contribution in [1.29, 1.82) is 5.26 Å². The lowest BCUT2D eigenvalue weighted by molar-refractivity contribution is -0.139. The summed E-state index contributed by atoms with van der Waals surface area (Å²) >= 11 is 5.75. The van der Waals surface area contributed by atoms with Crippen LogP contribution in [0.25, 0.3) is 6.08 Å². The summed E-state index contributed by atoms with van der Waals surface area (Å²) in [4.78, 5) is 11.6. The molecule has 0 bridgehead atoms. The summed E-state index contributed by atoms with van der Waals surface area (Å²) in [5.74, 6) is -0.356.